The van der Waals surface area contributed by atoms with Gasteiger partial charge in [0.25, 0.3) is 0 Å². The van der Waals surface area contributed by atoms with Crippen molar-refractivity contribution < 1.29 is 4.79 Å². The van der Waals surface area contributed by atoms with Crippen molar-refractivity contribution in [1.29, 1.82) is 0 Å². The summed E-state index contributed by atoms with van der Waals surface area (Å²) in [6.45, 7) is 7.49. The van der Waals surface area contributed by atoms with Crippen LogP contribution in [0.5, 0.6) is 0 Å². The first kappa shape index (κ1) is 15.0. The van der Waals surface area contributed by atoms with E-state index in [1.807, 2.05) is 16.5 Å². The van der Waals surface area contributed by atoms with Gasteiger partial charge in [-0.1, -0.05) is 18.2 Å². The molecule has 0 saturated carbocycles. The van der Waals surface area contributed by atoms with Crippen molar-refractivity contribution >= 4 is 22.4 Å². The highest BCUT2D eigenvalue weighted by molar-refractivity contribution is 7.13. The minimum Gasteiger partial charge on any atom is -0.345 e. The van der Waals surface area contributed by atoms with E-state index in [1.165, 1.54) is 11.1 Å². The zero-order chi connectivity index (χ0) is 15.5. The number of carbonyl (C=O) groups is 1. The smallest absolute Gasteiger partial charge is 0.227 e. The molecular weight excluding hydrogens is 294 g/mol. The maximum Gasteiger partial charge on any atom is 0.227 e. The van der Waals surface area contributed by atoms with E-state index in [0.29, 0.717) is 6.42 Å². The van der Waals surface area contributed by atoms with E-state index < -0.39 is 0 Å². The quantitative estimate of drug-likeness (QED) is 0.874. The average Bonchev–Trinajstić information content (AvgIpc) is 3.05. The fraction of sp³-hybridized carbons (Fsp3) is 0.412. The van der Waals surface area contributed by atoms with Gasteiger partial charge in [0.1, 0.15) is 0 Å². The van der Waals surface area contributed by atoms with Crippen LogP contribution in [0, 0.1) is 13.8 Å². The minimum atomic E-state index is 0.224. The second-order valence-electron chi connectivity index (χ2n) is 5.78. The van der Waals surface area contributed by atoms with Gasteiger partial charge in [-0.3, -0.25) is 4.79 Å². The van der Waals surface area contributed by atoms with Crippen molar-refractivity contribution in [2.45, 2.75) is 20.3 Å². The third-order valence-electron chi connectivity index (χ3n) is 4.25. The number of aryl methyl sites for hydroxylation is 2. The molecule has 1 aromatic carbocycles. The Morgan fingerprint density at radius 2 is 1.95 bits per heavy atom. The van der Waals surface area contributed by atoms with Gasteiger partial charge in [-0.2, -0.15) is 0 Å². The second kappa shape index (κ2) is 6.48. The summed E-state index contributed by atoms with van der Waals surface area (Å²) in [5.41, 5.74) is 3.63. The molecule has 1 amide bonds. The van der Waals surface area contributed by atoms with Crippen molar-refractivity contribution in [3.63, 3.8) is 0 Å². The van der Waals surface area contributed by atoms with Crippen LogP contribution in [0.4, 0.5) is 5.13 Å². The summed E-state index contributed by atoms with van der Waals surface area (Å²) in [6.07, 6.45) is 2.33. The number of amides is 1. The zero-order valence-corrected chi connectivity index (χ0v) is 13.9. The average molecular weight is 315 g/mol. The number of rotatable bonds is 3. The van der Waals surface area contributed by atoms with Crippen molar-refractivity contribution in [1.82, 2.24) is 9.88 Å². The second-order valence-corrected chi connectivity index (χ2v) is 6.65. The largest absolute Gasteiger partial charge is 0.345 e. The van der Waals surface area contributed by atoms with Crippen LogP contribution in [-0.4, -0.2) is 42.0 Å². The van der Waals surface area contributed by atoms with Crippen LogP contribution in [0.2, 0.25) is 0 Å². The van der Waals surface area contributed by atoms with E-state index in [4.69, 9.17) is 0 Å². The van der Waals surface area contributed by atoms with E-state index >= 15 is 0 Å². The molecule has 4 nitrogen and oxygen atoms in total. The SMILES string of the molecule is Cc1ccc(CC(=O)N2CCN(c3nccs3)CC2)cc1C. The third kappa shape index (κ3) is 3.30. The summed E-state index contributed by atoms with van der Waals surface area (Å²) < 4.78 is 0. The van der Waals surface area contributed by atoms with Crippen LogP contribution >= 0.6 is 11.3 Å². The molecule has 0 spiro atoms. The molecule has 0 aliphatic carbocycles. The Balaban J connectivity index is 1.56. The van der Waals surface area contributed by atoms with Gasteiger partial charge in [-0.25, -0.2) is 4.98 Å². The van der Waals surface area contributed by atoms with E-state index in [0.717, 1.165) is 36.9 Å². The first-order valence-electron chi connectivity index (χ1n) is 7.62. The highest BCUT2D eigenvalue weighted by Gasteiger charge is 2.22. The highest BCUT2D eigenvalue weighted by Crippen LogP contribution is 2.19. The van der Waals surface area contributed by atoms with Crippen LogP contribution in [0.15, 0.2) is 29.8 Å². The number of aromatic nitrogens is 1. The maximum atomic E-state index is 12.5. The molecule has 0 radical (unpaired) electrons. The topological polar surface area (TPSA) is 36.4 Å². The lowest BCUT2D eigenvalue weighted by Crippen LogP contribution is -2.49. The Morgan fingerprint density at radius 1 is 1.18 bits per heavy atom. The lowest BCUT2D eigenvalue weighted by molar-refractivity contribution is -0.130. The van der Waals surface area contributed by atoms with E-state index in [1.54, 1.807) is 11.3 Å². The van der Waals surface area contributed by atoms with Gasteiger partial charge in [0, 0.05) is 37.8 Å². The predicted octanol–water partition coefficient (Wildman–Crippen LogP) is 2.65. The van der Waals surface area contributed by atoms with Gasteiger partial charge < -0.3 is 9.80 Å². The number of piperazine rings is 1. The van der Waals surface area contributed by atoms with E-state index in [2.05, 4.69) is 41.9 Å². The number of thiazole rings is 1. The summed E-state index contributed by atoms with van der Waals surface area (Å²) in [7, 11) is 0. The lowest BCUT2D eigenvalue weighted by Gasteiger charge is -2.34. The van der Waals surface area contributed by atoms with Crippen LogP contribution in [0.25, 0.3) is 0 Å². The molecule has 0 N–H and O–H groups in total. The maximum absolute atomic E-state index is 12.5. The number of hydrogen-bond donors (Lipinski definition) is 0. The Kier molecular flexibility index (Phi) is 4.43. The molecule has 1 fully saturated rings. The Hall–Kier alpha value is -1.88. The normalized spacial score (nSPS) is 15.2. The van der Waals surface area contributed by atoms with Crippen LogP contribution in [0.1, 0.15) is 16.7 Å². The molecule has 3 rings (SSSR count). The molecule has 0 atom stereocenters. The summed E-state index contributed by atoms with van der Waals surface area (Å²) in [5.74, 6) is 0.224. The van der Waals surface area contributed by atoms with Crippen molar-refractivity contribution in [2.75, 3.05) is 31.1 Å². The summed E-state index contributed by atoms with van der Waals surface area (Å²) >= 11 is 1.66. The van der Waals surface area contributed by atoms with Gasteiger partial charge in [0.15, 0.2) is 5.13 Å². The molecule has 0 bridgehead atoms. The molecular formula is C17H21N3OS. The van der Waals surface area contributed by atoms with Crippen molar-refractivity contribution in [2.24, 2.45) is 0 Å². The Morgan fingerprint density at radius 3 is 2.59 bits per heavy atom. The highest BCUT2D eigenvalue weighted by atomic mass is 32.1. The van der Waals surface area contributed by atoms with Gasteiger partial charge in [0.05, 0.1) is 6.42 Å². The van der Waals surface area contributed by atoms with Crippen molar-refractivity contribution in [3.8, 4) is 0 Å². The molecule has 2 heterocycles. The van der Waals surface area contributed by atoms with E-state index in [-0.39, 0.29) is 5.91 Å². The van der Waals surface area contributed by atoms with Crippen LogP contribution in [-0.2, 0) is 11.2 Å². The van der Waals surface area contributed by atoms with E-state index in [9.17, 15) is 4.79 Å². The zero-order valence-electron chi connectivity index (χ0n) is 13.1. The first-order valence-corrected chi connectivity index (χ1v) is 8.50. The number of hydrogen-bond acceptors (Lipinski definition) is 4. The summed E-state index contributed by atoms with van der Waals surface area (Å²) in [4.78, 5) is 21.0. The number of benzene rings is 1. The first-order chi connectivity index (χ1) is 10.6. The van der Waals surface area contributed by atoms with Gasteiger partial charge in [-0.15, -0.1) is 11.3 Å². The Bertz CT molecular complexity index is 646. The molecule has 1 aliphatic rings. The molecule has 5 heteroatoms. The molecule has 116 valence electrons. The van der Waals surface area contributed by atoms with Crippen LogP contribution < -0.4 is 4.90 Å². The number of anilines is 1. The molecule has 0 unspecified atom stereocenters. The molecule has 22 heavy (non-hydrogen) atoms. The number of nitrogens with zero attached hydrogens (tertiary/aromatic N) is 3. The lowest BCUT2D eigenvalue weighted by atomic mass is 10.0. The van der Waals surface area contributed by atoms with Gasteiger partial charge in [0.2, 0.25) is 5.91 Å². The fourth-order valence-electron chi connectivity index (χ4n) is 2.72. The summed E-state index contributed by atoms with van der Waals surface area (Å²) in [6, 6.07) is 6.28. The van der Waals surface area contributed by atoms with Gasteiger partial charge >= 0.3 is 0 Å². The predicted molar refractivity (Wildman–Crippen MR) is 90.5 cm³/mol. The summed E-state index contributed by atoms with van der Waals surface area (Å²) in [5, 5.41) is 3.05. The van der Waals surface area contributed by atoms with Crippen LogP contribution in [0.3, 0.4) is 0 Å². The Labute approximate surface area is 135 Å². The third-order valence-corrected chi connectivity index (χ3v) is 5.08. The molecule has 2 aromatic rings. The molecule has 1 saturated heterocycles. The monoisotopic (exact) mass is 315 g/mol. The molecule has 1 aliphatic heterocycles. The fourth-order valence-corrected chi connectivity index (χ4v) is 3.42. The standard InChI is InChI=1S/C17H21N3OS/c1-13-3-4-15(11-14(13)2)12-16(21)19-6-8-20(9-7-19)17-18-5-10-22-17/h3-5,10-11H,6-9,12H2,1-2H3. The van der Waals surface area contributed by atoms with Gasteiger partial charge in [-0.05, 0) is 30.5 Å². The molecule has 1 aromatic heterocycles. The minimum absolute atomic E-state index is 0.224. The number of carbonyl (C=O) groups excluding carboxylic acids is 1. The van der Waals surface area contributed by atoms with Crippen molar-refractivity contribution in [3.05, 3.63) is 46.5 Å².